The number of phenolic OH excluding ortho intramolecular Hbond substituents is 1. The minimum absolute atomic E-state index is 0.0217. The molecule has 0 saturated carbocycles. The van der Waals surface area contributed by atoms with E-state index in [-0.39, 0.29) is 24.7 Å². The Kier molecular flexibility index (Phi) is 4.61. The highest BCUT2D eigenvalue weighted by Gasteiger charge is 2.07. The van der Waals surface area contributed by atoms with Crippen molar-refractivity contribution in [2.45, 2.75) is 19.4 Å². The van der Waals surface area contributed by atoms with Gasteiger partial charge in [0.05, 0.1) is 6.61 Å². The largest absolute Gasteiger partial charge is 0.508 e. The van der Waals surface area contributed by atoms with E-state index in [2.05, 4.69) is 0 Å². The maximum absolute atomic E-state index is 9.55. The monoisotopic (exact) mass is 274 g/mol. The molecule has 0 aliphatic carbocycles. The zero-order chi connectivity index (χ0) is 14.5. The smallest absolute Gasteiger partial charge is 0.121 e. The number of aliphatic hydroxyl groups excluding tert-OH is 2. The summed E-state index contributed by atoms with van der Waals surface area (Å²) < 4.78 is 0. The zero-order valence-corrected chi connectivity index (χ0v) is 11.1. The van der Waals surface area contributed by atoms with Gasteiger partial charge < -0.3 is 20.4 Å². The van der Waals surface area contributed by atoms with E-state index in [9.17, 15) is 10.2 Å². The van der Waals surface area contributed by atoms with Gasteiger partial charge in [0.1, 0.15) is 11.5 Å². The highest BCUT2D eigenvalue weighted by Crippen LogP contribution is 2.23. The molecular weight excluding hydrogens is 256 g/mol. The van der Waals surface area contributed by atoms with E-state index in [1.807, 2.05) is 6.07 Å². The molecule has 2 aromatic carbocycles. The average Bonchev–Trinajstić information content (AvgIpc) is 2.44. The highest BCUT2D eigenvalue weighted by atomic mass is 16.3. The van der Waals surface area contributed by atoms with Crippen LogP contribution in [0.2, 0.25) is 0 Å². The second-order valence-corrected chi connectivity index (χ2v) is 4.72. The van der Waals surface area contributed by atoms with Crippen LogP contribution in [0.4, 0.5) is 0 Å². The van der Waals surface area contributed by atoms with Crippen molar-refractivity contribution in [1.82, 2.24) is 0 Å². The Morgan fingerprint density at radius 2 is 1.60 bits per heavy atom. The minimum atomic E-state index is -0.210. The number of hydrogen-bond donors (Lipinski definition) is 4. The third-order valence-corrected chi connectivity index (χ3v) is 3.28. The molecule has 0 aliphatic rings. The van der Waals surface area contributed by atoms with Crippen LogP contribution >= 0.6 is 0 Å². The molecule has 0 unspecified atom stereocenters. The van der Waals surface area contributed by atoms with Gasteiger partial charge in [0.15, 0.2) is 0 Å². The van der Waals surface area contributed by atoms with Crippen LogP contribution in [0.1, 0.15) is 22.3 Å². The summed E-state index contributed by atoms with van der Waals surface area (Å²) in [6.45, 7) is -0.188. The minimum Gasteiger partial charge on any atom is -0.508 e. The van der Waals surface area contributed by atoms with E-state index in [1.54, 1.807) is 30.3 Å². The molecule has 106 valence electrons. The normalized spacial score (nSPS) is 10.7. The molecule has 4 heteroatoms. The first-order chi connectivity index (χ1) is 9.63. The lowest BCUT2D eigenvalue weighted by Crippen LogP contribution is -1.99. The average molecular weight is 274 g/mol. The molecule has 0 spiro atoms. The van der Waals surface area contributed by atoms with E-state index in [4.69, 9.17) is 10.2 Å². The fraction of sp³-hybridized carbons (Fsp3) is 0.250. The maximum atomic E-state index is 9.55. The quantitative estimate of drug-likeness (QED) is 0.669. The second kappa shape index (κ2) is 6.41. The molecule has 0 heterocycles. The fourth-order valence-electron chi connectivity index (χ4n) is 2.23. The van der Waals surface area contributed by atoms with Crippen molar-refractivity contribution in [2.24, 2.45) is 0 Å². The van der Waals surface area contributed by atoms with Gasteiger partial charge in [-0.15, -0.1) is 0 Å². The summed E-state index contributed by atoms with van der Waals surface area (Å²) >= 11 is 0. The zero-order valence-electron chi connectivity index (χ0n) is 11.1. The molecule has 0 atom stereocenters. The summed E-state index contributed by atoms with van der Waals surface area (Å²) in [7, 11) is 0. The van der Waals surface area contributed by atoms with Crippen LogP contribution in [0, 0.1) is 0 Å². The third kappa shape index (κ3) is 3.29. The molecule has 0 aromatic heterocycles. The summed E-state index contributed by atoms with van der Waals surface area (Å²) in [5.74, 6) is 0.261. The van der Waals surface area contributed by atoms with Crippen molar-refractivity contribution < 1.29 is 20.4 Å². The van der Waals surface area contributed by atoms with Gasteiger partial charge in [0.25, 0.3) is 0 Å². The number of phenols is 2. The van der Waals surface area contributed by atoms with E-state index >= 15 is 0 Å². The van der Waals surface area contributed by atoms with Gasteiger partial charge in [-0.05, 0) is 53.8 Å². The Labute approximate surface area is 117 Å². The Hall–Kier alpha value is -2.04. The molecule has 2 aromatic rings. The van der Waals surface area contributed by atoms with Gasteiger partial charge in [-0.2, -0.15) is 0 Å². The Balaban J connectivity index is 2.29. The van der Waals surface area contributed by atoms with E-state index in [1.165, 1.54) is 0 Å². The standard InChI is InChI=1S/C16H18O4/c17-6-5-13-9-15(19)3-2-12(13)7-11-1-4-16(20)14(8-11)10-18/h1-4,8-9,17-20H,5-7,10H2. The van der Waals surface area contributed by atoms with Crippen molar-refractivity contribution in [2.75, 3.05) is 6.61 Å². The van der Waals surface area contributed by atoms with Crippen molar-refractivity contribution >= 4 is 0 Å². The van der Waals surface area contributed by atoms with Crippen molar-refractivity contribution in [3.8, 4) is 11.5 Å². The lowest BCUT2D eigenvalue weighted by Gasteiger charge is -2.11. The summed E-state index contributed by atoms with van der Waals surface area (Å²) in [6, 6.07) is 10.2. The molecule has 0 saturated heterocycles. The third-order valence-electron chi connectivity index (χ3n) is 3.28. The first-order valence-corrected chi connectivity index (χ1v) is 6.47. The predicted octanol–water partition coefficient (Wildman–Crippen LogP) is 1.72. The molecule has 4 N–H and O–H groups in total. The number of rotatable bonds is 5. The molecule has 0 fully saturated rings. The summed E-state index contributed by atoms with van der Waals surface area (Å²) in [5, 5.41) is 37.3. The highest BCUT2D eigenvalue weighted by molar-refractivity contribution is 5.41. The van der Waals surface area contributed by atoms with Gasteiger partial charge in [0.2, 0.25) is 0 Å². The summed E-state index contributed by atoms with van der Waals surface area (Å²) in [5.41, 5.74) is 3.35. The molecular formula is C16H18O4. The van der Waals surface area contributed by atoms with Crippen LogP contribution in [0.25, 0.3) is 0 Å². The summed E-state index contributed by atoms with van der Waals surface area (Å²) in [6.07, 6.45) is 1.09. The fourth-order valence-corrected chi connectivity index (χ4v) is 2.23. The van der Waals surface area contributed by atoms with Gasteiger partial charge in [0, 0.05) is 12.2 Å². The van der Waals surface area contributed by atoms with E-state index in [0.717, 1.165) is 16.7 Å². The Morgan fingerprint density at radius 1 is 0.800 bits per heavy atom. The molecule has 4 nitrogen and oxygen atoms in total. The van der Waals surface area contributed by atoms with Crippen LogP contribution in [-0.4, -0.2) is 27.0 Å². The first kappa shape index (κ1) is 14.4. The van der Waals surface area contributed by atoms with E-state index in [0.29, 0.717) is 18.4 Å². The SMILES string of the molecule is OCCc1cc(O)ccc1Cc1ccc(O)c(CO)c1. The predicted molar refractivity (Wildman–Crippen MR) is 75.7 cm³/mol. The lowest BCUT2D eigenvalue weighted by atomic mass is 9.96. The van der Waals surface area contributed by atoms with Crippen LogP contribution in [0.3, 0.4) is 0 Å². The molecule has 0 radical (unpaired) electrons. The number of hydrogen-bond acceptors (Lipinski definition) is 4. The number of benzene rings is 2. The molecule has 20 heavy (non-hydrogen) atoms. The van der Waals surface area contributed by atoms with Crippen LogP contribution in [0.15, 0.2) is 36.4 Å². The Morgan fingerprint density at radius 3 is 2.30 bits per heavy atom. The van der Waals surface area contributed by atoms with Crippen molar-refractivity contribution in [3.63, 3.8) is 0 Å². The van der Waals surface area contributed by atoms with Gasteiger partial charge >= 0.3 is 0 Å². The molecule has 0 aliphatic heterocycles. The van der Waals surface area contributed by atoms with Crippen LogP contribution < -0.4 is 0 Å². The first-order valence-electron chi connectivity index (χ1n) is 6.47. The number of aromatic hydroxyl groups is 2. The molecule has 0 bridgehead atoms. The van der Waals surface area contributed by atoms with Gasteiger partial charge in [-0.25, -0.2) is 0 Å². The van der Waals surface area contributed by atoms with Gasteiger partial charge in [-0.3, -0.25) is 0 Å². The van der Waals surface area contributed by atoms with Gasteiger partial charge in [-0.1, -0.05) is 12.1 Å². The second-order valence-electron chi connectivity index (χ2n) is 4.72. The van der Waals surface area contributed by atoms with Crippen LogP contribution in [-0.2, 0) is 19.4 Å². The number of aliphatic hydroxyl groups is 2. The maximum Gasteiger partial charge on any atom is 0.121 e. The van der Waals surface area contributed by atoms with Crippen molar-refractivity contribution in [3.05, 3.63) is 58.7 Å². The van der Waals surface area contributed by atoms with Crippen molar-refractivity contribution in [1.29, 1.82) is 0 Å². The topological polar surface area (TPSA) is 80.9 Å². The molecule has 2 rings (SSSR count). The Bertz CT molecular complexity index is 593. The summed E-state index contributed by atoms with van der Waals surface area (Å²) in [4.78, 5) is 0. The van der Waals surface area contributed by atoms with E-state index < -0.39 is 0 Å². The van der Waals surface area contributed by atoms with Crippen LogP contribution in [0.5, 0.6) is 11.5 Å². The lowest BCUT2D eigenvalue weighted by molar-refractivity contribution is 0.275. The molecule has 0 amide bonds.